The number of para-hydroxylation sites is 1. The summed E-state index contributed by atoms with van der Waals surface area (Å²) >= 11 is 0. The van der Waals surface area contributed by atoms with E-state index in [0.29, 0.717) is 17.6 Å². The van der Waals surface area contributed by atoms with Crippen molar-refractivity contribution in [3.63, 3.8) is 0 Å². The molecule has 0 radical (unpaired) electrons. The van der Waals surface area contributed by atoms with Crippen molar-refractivity contribution in [1.29, 1.82) is 0 Å². The molecule has 3 heterocycles. The van der Waals surface area contributed by atoms with E-state index in [4.69, 9.17) is 14.2 Å². The summed E-state index contributed by atoms with van der Waals surface area (Å²) < 4.78 is 17.2. The van der Waals surface area contributed by atoms with E-state index < -0.39 is 29.2 Å². The second kappa shape index (κ2) is 5.34. The summed E-state index contributed by atoms with van der Waals surface area (Å²) in [6.07, 6.45) is 0. The Morgan fingerprint density at radius 3 is 2.84 bits per heavy atom. The fourth-order valence-electron chi connectivity index (χ4n) is 4.09. The number of carbonyl (C=O) groups is 3. The molecule has 25 heavy (non-hydrogen) atoms. The lowest BCUT2D eigenvalue weighted by Crippen LogP contribution is -2.45. The molecule has 7 heteroatoms. The number of nitrogens with zero attached hydrogens (tertiary/aromatic N) is 1. The van der Waals surface area contributed by atoms with Gasteiger partial charge in [0.05, 0.1) is 31.6 Å². The van der Waals surface area contributed by atoms with E-state index in [2.05, 4.69) is 0 Å². The van der Waals surface area contributed by atoms with Crippen molar-refractivity contribution in [2.75, 3.05) is 20.3 Å². The number of rotatable bonds is 3. The highest BCUT2D eigenvalue weighted by atomic mass is 16.6. The molecule has 0 unspecified atom stereocenters. The zero-order valence-corrected chi connectivity index (χ0v) is 13.9. The molecule has 2 aromatic rings. The van der Waals surface area contributed by atoms with E-state index in [1.807, 2.05) is 16.7 Å². The van der Waals surface area contributed by atoms with Crippen LogP contribution in [0.5, 0.6) is 0 Å². The quantitative estimate of drug-likeness (QED) is 0.476. The Balaban J connectivity index is 2.09. The fraction of sp³-hybridized carbons (Fsp3) is 0.389. The molecule has 1 aromatic heterocycles. The van der Waals surface area contributed by atoms with E-state index in [9.17, 15) is 14.4 Å². The maximum Gasteiger partial charge on any atom is 0.340 e. The van der Waals surface area contributed by atoms with Gasteiger partial charge in [0.15, 0.2) is 0 Å². The molecule has 0 bridgehead atoms. The van der Waals surface area contributed by atoms with Crippen molar-refractivity contribution in [3.8, 4) is 0 Å². The number of fused-ring (bicyclic) bond motifs is 5. The number of cyclic esters (lactones) is 1. The smallest absolute Gasteiger partial charge is 0.340 e. The van der Waals surface area contributed by atoms with Crippen molar-refractivity contribution < 1.29 is 28.6 Å². The van der Waals surface area contributed by atoms with Gasteiger partial charge in [0.25, 0.3) is 0 Å². The molecule has 2 aliphatic heterocycles. The molecule has 2 aliphatic rings. The van der Waals surface area contributed by atoms with E-state index in [0.717, 1.165) is 5.52 Å². The van der Waals surface area contributed by atoms with Crippen LogP contribution in [0.3, 0.4) is 0 Å². The molecule has 0 amide bonds. The van der Waals surface area contributed by atoms with Gasteiger partial charge in [-0.2, -0.15) is 0 Å². The van der Waals surface area contributed by atoms with Gasteiger partial charge in [-0.05, 0) is 13.0 Å². The molecule has 0 saturated carbocycles. The summed E-state index contributed by atoms with van der Waals surface area (Å²) in [5.41, 5.74) is -0.277. The Hall–Kier alpha value is -2.83. The van der Waals surface area contributed by atoms with Crippen LogP contribution in [0.2, 0.25) is 0 Å². The zero-order valence-electron chi connectivity index (χ0n) is 13.9. The Labute approximate surface area is 143 Å². The number of carbonyl (C=O) groups excluding carboxylic acids is 3. The minimum absolute atomic E-state index is 0.119. The second-order valence-electron chi connectivity index (χ2n) is 6.17. The SMILES string of the molecule is CCOC(=O)[C@@]12C(=O)OC[C@@H]1Cn1c2c(C(=O)OC)c2ccccc21. The number of esters is 3. The van der Waals surface area contributed by atoms with Gasteiger partial charge in [-0.3, -0.25) is 9.59 Å². The van der Waals surface area contributed by atoms with Crippen LogP contribution in [0.4, 0.5) is 0 Å². The Morgan fingerprint density at radius 1 is 1.36 bits per heavy atom. The number of ether oxygens (including phenoxy) is 3. The van der Waals surface area contributed by atoms with Crippen LogP contribution in [0.1, 0.15) is 23.0 Å². The van der Waals surface area contributed by atoms with Crippen LogP contribution in [-0.4, -0.2) is 42.8 Å². The van der Waals surface area contributed by atoms with Crippen LogP contribution in [0, 0.1) is 5.92 Å². The van der Waals surface area contributed by atoms with Crippen molar-refractivity contribution in [2.45, 2.75) is 18.9 Å². The zero-order chi connectivity index (χ0) is 17.8. The lowest BCUT2D eigenvalue weighted by atomic mass is 9.75. The molecule has 130 valence electrons. The Morgan fingerprint density at radius 2 is 2.12 bits per heavy atom. The summed E-state index contributed by atoms with van der Waals surface area (Å²) in [4.78, 5) is 38.1. The third kappa shape index (κ3) is 1.78. The lowest BCUT2D eigenvalue weighted by molar-refractivity contribution is -0.159. The molecule has 7 nitrogen and oxygen atoms in total. The summed E-state index contributed by atoms with van der Waals surface area (Å²) in [5.74, 6) is -2.33. The van der Waals surface area contributed by atoms with Gasteiger partial charge in [-0.25, -0.2) is 4.79 Å². The Bertz CT molecular complexity index is 914. The number of aromatic nitrogens is 1. The number of benzene rings is 1. The molecule has 1 aromatic carbocycles. The average Bonchev–Trinajstić information content (AvgIpc) is 3.22. The normalized spacial score (nSPS) is 23.9. The van der Waals surface area contributed by atoms with Crippen LogP contribution in [0.15, 0.2) is 24.3 Å². The molecule has 2 atom stereocenters. The molecular formula is C18H17NO6. The first-order valence-electron chi connectivity index (χ1n) is 8.11. The van der Waals surface area contributed by atoms with E-state index >= 15 is 0 Å². The standard InChI is InChI=1S/C18H17NO6/c1-3-24-16(21)18-10(9-25-17(18)22)8-19-12-7-5-4-6-11(12)13(14(18)19)15(20)23-2/h4-7,10H,3,8-9H2,1-2H3/t10-,18+/m0/s1. The predicted molar refractivity (Wildman–Crippen MR) is 86.0 cm³/mol. The van der Waals surface area contributed by atoms with Gasteiger partial charge in [-0.15, -0.1) is 0 Å². The van der Waals surface area contributed by atoms with Crippen molar-refractivity contribution in [1.82, 2.24) is 4.57 Å². The first-order valence-corrected chi connectivity index (χ1v) is 8.11. The molecule has 1 fully saturated rings. The monoisotopic (exact) mass is 343 g/mol. The molecule has 0 aliphatic carbocycles. The van der Waals surface area contributed by atoms with Gasteiger partial charge in [0.2, 0.25) is 5.41 Å². The number of hydrogen-bond acceptors (Lipinski definition) is 6. The lowest BCUT2D eigenvalue weighted by Gasteiger charge is -2.22. The largest absolute Gasteiger partial charge is 0.465 e. The predicted octanol–water partition coefficient (Wildman–Crippen LogP) is 1.42. The van der Waals surface area contributed by atoms with Gasteiger partial charge in [-0.1, -0.05) is 18.2 Å². The van der Waals surface area contributed by atoms with Crippen LogP contribution >= 0.6 is 0 Å². The highest BCUT2D eigenvalue weighted by Crippen LogP contribution is 2.50. The first kappa shape index (κ1) is 15.7. The molecule has 4 rings (SSSR count). The van der Waals surface area contributed by atoms with Gasteiger partial charge in [0, 0.05) is 23.4 Å². The summed E-state index contributed by atoms with van der Waals surface area (Å²) in [6.45, 7) is 2.33. The summed E-state index contributed by atoms with van der Waals surface area (Å²) in [7, 11) is 1.28. The molecule has 0 spiro atoms. The fourth-order valence-corrected chi connectivity index (χ4v) is 4.09. The number of hydrogen-bond donors (Lipinski definition) is 0. The van der Waals surface area contributed by atoms with Crippen LogP contribution in [0.25, 0.3) is 10.9 Å². The minimum atomic E-state index is -1.61. The highest BCUT2D eigenvalue weighted by Gasteiger charge is 2.67. The van der Waals surface area contributed by atoms with Crippen molar-refractivity contribution in [2.24, 2.45) is 5.92 Å². The third-order valence-corrected chi connectivity index (χ3v) is 5.08. The third-order valence-electron chi connectivity index (χ3n) is 5.08. The maximum absolute atomic E-state index is 12.9. The van der Waals surface area contributed by atoms with Gasteiger partial charge < -0.3 is 18.8 Å². The molecule has 0 N–H and O–H groups in total. The maximum atomic E-state index is 12.9. The average molecular weight is 343 g/mol. The van der Waals surface area contributed by atoms with E-state index in [1.54, 1.807) is 19.1 Å². The minimum Gasteiger partial charge on any atom is -0.465 e. The molecule has 1 saturated heterocycles. The number of methoxy groups -OCH3 is 1. The van der Waals surface area contributed by atoms with Gasteiger partial charge >= 0.3 is 17.9 Å². The van der Waals surface area contributed by atoms with E-state index in [-0.39, 0.29) is 18.8 Å². The Kier molecular flexibility index (Phi) is 3.35. The van der Waals surface area contributed by atoms with Crippen LogP contribution < -0.4 is 0 Å². The van der Waals surface area contributed by atoms with Gasteiger partial charge in [0.1, 0.15) is 0 Å². The summed E-state index contributed by atoms with van der Waals surface area (Å²) in [5, 5.41) is 0.645. The van der Waals surface area contributed by atoms with Crippen LogP contribution in [-0.2, 0) is 35.8 Å². The van der Waals surface area contributed by atoms with E-state index in [1.165, 1.54) is 7.11 Å². The summed E-state index contributed by atoms with van der Waals surface area (Å²) in [6, 6.07) is 7.28. The van der Waals surface area contributed by atoms with Crippen molar-refractivity contribution in [3.05, 3.63) is 35.5 Å². The highest BCUT2D eigenvalue weighted by molar-refractivity contribution is 6.15. The topological polar surface area (TPSA) is 83.8 Å². The molecular weight excluding hydrogens is 326 g/mol. The second-order valence-corrected chi connectivity index (χ2v) is 6.17. The first-order chi connectivity index (χ1) is 12.1. The van der Waals surface area contributed by atoms with Crippen molar-refractivity contribution >= 4 is 28.8 Å².